The maximum atomic E-state index is 14.7. The summed E-state index contributed by atoms with van der Waals surface area (Å²) in [6.07, 6.45) is -0.914. The molecule has 11 heteroatoms. The first kappa shape index (κ1) is 45.0. The van der Waals surface area contributed by atoms with E-state index in [4.69, 9.17) is 14.3 Å². The van der Waals surface area contributed by atoms with Crippen LogP contribution in [0.15, 0.2) is 90.1 Å². The number of hydrogen-bond acceptors (Lipinski definition) is 6. The Kier molecular flexibility index (Phi) is 14.3. The number of carbonyl (C=O) groups excluding carboxylic acids is 2. The van der Waals surface area contributed by atoms with Gasteiger partial charge in [-0.25, -0.2) is 22.4 Å². The third-order valence-electron chi connectivity index (χ3n) is 11.4. The summed E-state index contributed by atoms with van der Waals surface area (Å²) in [4.78, 5) is 32.2. The molecule has 7 nitrogen and oxygen atoms in total. The monoisotopic (exact) mass is 838 g/mol. The van der Waals surface area contributed by atoms with Gasteiger partial charge in [-0.05, 0) is 98.0 Å². The van der Waals surface area contributed by atoms with Crippen LogP contribution in [0.3, 0.4) is 0 Å². The number of nitrogens with zero attached hydrogens (tertiary/aromatic N) is 2. The van der Waals surface area contributed by atoms with E-state index in [2.05, 4.69) is 29.6 Å². The van der Waals surface area contributed by atoms with E-state index in [1.54, 1.807) is 32.2 Å². The van der Waals surface area contributed by atoms with Crippen molar-refractivity contribution in [1.82, 2.24) is 4.57 Å². The van der Waals surface area contributed by atoms with Crippen LogP contribution in [0.5, 0.6) is 5.75 Å². The summed E-state index contributed by atoms with van der Waals surface area (Å²) in [6.45, 7) is 12.5. The van der Waals surface area contributed by atoms with Gasteiger partial charge in [-0.2, -0.15) is 0 Å². The van der Waals surface area contributed by atoms with E-state index in [9.17, 15) is 27.2 Å². The topological polar surface area (TPSA) is 79.1 Å². The molecule has 0 aliphatic carbocycles. The number of hydrogen-bond donors (Lipinski definition) is 0. The average molecular weight is 839 g/mol. The van der Waals surface area contributed by atoms with Crippen molar-refractivity contribution < 1.29 is 41.5 Å². The quantitative estimate of drug-likeness (QED) is 0.0267. The minimum absolute atomic E-state index is 0.171. The van der Waals surface area contributed by atoms with Crippen molar-refractivity contribution in [2.45, 2.75) is 105 Å². The van der Waals surface area contributed by atoms with Crippen LogP contribution in [0.2, 0.25) is 0 Å². The van der Waals surface area contributed by atoms with Crippen molar-refractivity contribution in [3.8, 4) is 5.75 Å². The van der Waals surface area contributed by atoms with Gasteiger partial charge in [-0.1, -0.05) is 86.8 Å². The number of rotatable bonds is 19. The van der Waals surface area contributed by atoms with Crippen molar-refractivity contribution >= 4 is 50.0 Å². The first-order chi connectivity index (χ1) is 29.2. The number of unbranched alkanes of at least 4 members (excludes halogenated alkanes) is 1. The average Bonchev–Trinajstić information content (AvgIpc) is 3.54. The number of aromatic nitrogens is 1. The van der Waals surface area contributed by atoms with E-state index < -0.39 is 24.7 Å². The molecule has 61 heavy (non-hydrogen) atoms. The third kappa shape index (κ3) is 9.99. The molecule has 2 atom stereocenters. The maximum absolute atomic E-state index is 14.7. The number of ketones is 1. The second-order valence-electron chi connectivity index (χ2n) is 16.0. The standard InChI is InChI=1S/C50H54F4N2O5/c1-8-10-13-34(9-2)28-56-45-21-17-36(46(55-61-33(6)57)38-20-18-37(25-31(38)4)60-32(5)29-59-7)26-42(45)43-27-44(40-14-11-12-15-41(40)47(43)56)48(58)39-19-16-35(24-30(39)3)22-23-50(53,54)49(51)52/h11-12,14-21,24-27,32,34,49H,8-10,13,22-23,28-29H2,1-7H3/b55-46+. The maximum Gasteiger partial charge on any atom is 0.332 e. The molecule has 2 unspecified atom stereocenters. The van der Waals surface area contributed by atoms with Crippen molar-refractivity contribution in [2.75, 3.05) is 13.7 Å². The van der Waals surface area contributed by atoms with Gasteiger partial charge < -0.3 is 18.9 Å². The normalized spacial score (nSPS) is 13.3. The van der Waals surface area contributed by atoms with Crippen molar-refractivity contribution in [3.05, 3.63) is 124 Å². The summed E-state index contributed by atoms with van der Waals surface area (Å²) in [5.41, 5.74) is 6.55. The molecule has 0 radical (unpaired) electrons. The number of halogens is 4. The first-order valence-corrected chi connectivity index (χ1v) is 21.0. The Bertz CT molecular complexity index is 2580. The molecule has 0 fully saturated rings. The Morgan fingerprint density at radius 1 is 0.836 bits per heavy atom. The lowest BCUT2D eigenvalue weighted by atomic mass is 9.91. The largest absolute Gasteiger partial charge is 0.488 e. The van der Waals surface area contributed by atoms with Crippen molar-refractivity contribution in [3.63, 3.8) is 0 Å². The number of ether oxygens (including phenoxy) is 2. The van der Waals surface area contributed by atoms with Crippen LogP contribution in [0.25, 0.3) is 32.6 Å². The lowest BCUT2D eigenvalue weighted by molar-refractivity contribution is -0.140. The first-order valence-electron chi connectivity index (χ1n) is 21.0. The molecule has 0 aliphatic rings. The summed E-state index contributed by atoms with van der Waals surface area (Å²) >= 11 is 0. The van der Waals surface area contributed by atoms with E-state index in [1.165, 1.54) is 6.92 Å². The van der Waals surface area contributed by atoms with Crippen LogP contribution >= 0.6 is 0 Å². The molecule has 1 aromatic heterocycles. The lowest BCUT2D eigenvalue weighted by Crippen LogP contribution is -2.26. The minimum atomic E-state index is -4.10. The second-order valence-corrected chi connectivity index (χ2v) is 16.0. The zero-order chi connectivity index (χ0) is 44.0. The highest BCUT2D eigenvalue weighted by Crippen LogP contribution is 2.39. The number of oxime groups is 1. The van der Waals surface area contributed by atoms with Gasteiger partial charge in [0.25, 0.3) is 0 Å². The molecule has 6 aromatic rings. The van der Waals surface area contributed by atoms with Crippen LogP contribution in [-0.4, -0.2) is 54.2 Å². The highest BCUT2D eigenvalue weighted by molar-refractivity contribution is 6.27. The molecular weight excluding hydrogens is 785 g/mol. The molecule has 0 bridgehead atoms. The van der Waals surface area contributed by atoms with Crippen LogP contribution in [0.4, 0.5) is 17.6 Å². The van der Waals surface area contributed by atoms with E-state index in [0.29, 0.717) is 51.8 Å². The fourth-order valence-corrected chi connectivity index (χ4v) is 8.21. The molecule has 322 valence electrons. The number of methoxy groups -OCH3 is 1. The van der Waals surface area contributed by atoms with Crippen LogP contribution in [-0.2, 0) is 27.3 Å². The molecule has 0 amide bonds. The van der Waals surface area contributed by atoms with Gasteiger partial charge in [0.15, 0.2) is 5.78 Å². The zero-order valence-corrected chi connectivity index (χ0v) is 35.9. The number of carbonyl (C=O) groups is 2. The van der Waals surface area contributed by atoms with Crippen molar-refractivity contribution in [2.24, 2.45) is 11.1 Å². The van der Waals surface area contributed by atoms with Gasteiger partial charge in [0.05, 0.1) is 12.1 Å². The predicted molar refractivity (Wildman–Crippen MR) is 235 cm³/mol. The summed E-state index contributed by atoms with van der Waals surface area (Å²) in [7, 11) is 1.62. The fraction of sp³-hybridized carbons (Fsp3) is 0.380. The molecule has 5 aromatic carbocycles. The molecule has 0 saturated carbocycles. The Hall–Kier alpha value is -5.55. The Morgan fingerprint density at radius 3 is 2.21 bits per heavy atom. The van der Waals surface area contributed by atoms with Gasteiger partial charge >= 0.3 is 18.3 Å². The Labute approximate surface area is 354 Å². The fourth-order valence-electron chi connectivity index (χ4n) is 8.21. The summed E-state index contributed by atoms with van der Waals surface area (Å²) in [6, 6.07) is 26.3. The lowest BCUT2D eigenvalue weighted by Gasteiger charge is -2.19. The zero-order valence-electron chi connectivity index (χ0n) is 35.9. The van der Waals surface area contributed by atoms with E-state index >= 15 is 0 Å². The van der Waals surface area contributed by atoms with Gasteiger partial charge in [-0.3, -0.25) is 4.79 Å². The van der Waals surface area contributed by atoms with E-state index in [1.807, 2.05) is 74.5 Å². The Balaban J connectivity index is 1.54. The van der Waals surface area contributed by atoms with Crippen molar-refractivity contribution in [1.29, 1.82) is 0 Å². The predicted octanol–water partition coefficient (Wildman–Crippen LogP) is 12.6. The molecule has 0 aliphatic heterocycles. The smallest absolute Gasteiger partial charge is 0.332 e. The third-order valence-corrected chi connectivity index (χ3v) is 11.4. The number of alkyl halides is 4. The summed E-state index contributed by atoms with van der Waals surface area (Å²) in [5.74, 6) is -3.86. The molecule has 6 rings (SSSR count). The van der Waals surface area contributed by atoms with E-state index in [-0.39, 0.29) is 18.3 Å². The summed E-state index contributed by atoms with van der Waals surface area (Å²) in [5, 5.41) is 7.79. The van der Waals surface area contributed by atoms with Gasteiger partial charge in [0, 0.05) is 70.9 Å². The van der Waals surface area contributed by atoms with Gasteiger partial charge in [0.1, 0.15) is 17.6 Å². The highest BCUT2D eigenvalue weighted by atomic mass is 19.3. The molecule has 0 spiro atoms. The second kappa shape index (κ2) is 19.4. The Morgan fingerprint density at radius 2 is 1.56 bits per heavy atom. The van der Waals surface area contributed by atoms with Crippen LogP contribution < -0.4 is 4.74 Å². The van der Waals surface area contributed by atoms with Crippen LogP contribution in [0.1, 0.15) is 104 Å². The minimum Gasteiger partial charge on any atom is -0.488 e. The highest BCUT2D eigenvalue weighted by Gasteiger charge is 2.40. The van der Waals surface area contributed by atoms with Gasteiger partial charge in [0.2, 0.25) is 0 Å². The number of benzene rings is 5. The molecular formula is C50H54F4N2O5. The molecule has 1 heterocycles. The number of aryl methyl sites for hydroxylation is 3. The number of fused-ring (bicyclic) bond motifs is 5. The van der Waals surface area contributed by atoms with E-state index in [0.717, 1.165) is 75.9 Å². The summed E-state index contributed by atoms with van der Waals surface area (Å²) < 4.78 is 67.0. The van der Waals surface area contributed by atoms with Gasteiger partial charge in [-0.15, -0.1) is 0 Å². The van der Waals surface area contributed by atoms with Crippen LogP contribution in [0, 0.1) is 19.8 Å². The SMILES string of the molecule is CCCCC(CC)Cn1c2ccc(/C(=N\OC(C)=O)c3ccc(OC(C)COC)cc3C)cc2c2cc(C(=O)c3ccc(CCC(F)(F)C(F)F)cc3C)c3ccccc3c21. The molecule has 0 saturated heterocycles. The molecule has 0 N–H and O–H groups in total.